The Bertz CT molecular complexity index is 724. The van der Waals surface area contributed by atoms with Gasteiger partial charge in [-0.1, -0.05) is 0 Å². The minimum absolute atomic E-state index is 0.0430. The Balaban J connectivity index is 2.59. The van der Waals surface area contributed by atoms with E-state index >= 15 is 0 Å². The van der Waals surface area contributed by atoms with Crippen LogP contribution in [0.4, 0.5) is 22.0 Å². The zero-order valence-electron chi connectivity index (χ0n) is 9.55. The van der Waals surface area contributed by atoms with Crippen molar-refractivity contribution in [1.29, 1.82) is 5.26 Å². The van der Waals surface area contributed by atoms with Gasteiger partial charge in [0.05, 0.1) is 11.6 Å². The van der Waals surface area contributed by atoms with Crippen LogP contribution >= 0.6 is 0 Å². The highest BCUT2D eigenvalue weighted by molar-refractivity contribution is 6.11. The van der Waals surface area contributed by atoms with E-state index in [1.807, 2.05) is 0 Å². The van der Waals surface area contributed by atoms with Crippen molar-refractivity contribution < 1.29 is 26.7 Å². The number of Topliss-reactive ketones (excluding diaryl/α,β-unsaturated/α-hetero) is 1. The summed E-state index contributed by atoms with van der Waals surface area (Å²) >= 11 is 0. The van der Waals surface area contributed by atoms with Gasteiger partial charge in [0.15, 0.2) is 0 Å². The summed E-state index contributed by atoms with van der Waals surface area (Å²) in [6.07, 6.45) is -5.20. The van der Waals surface area contributed by atoms with Crippen LogP contribution in [0, 0.1) is 11.3 Å². The first-order valence-corrected chi connectivity index (χ1v) is 5.19. The predicted molar refractivity (Wildman–Crippen MR) is 58.3 cm³/mol. The highest BCUT2D eigenvalue weighted by Gasteiger charge is 2.63. The van der Waals surface area contributed by atoms with E-state index in [-0.39, 0.29) is 16.5 Å². The normalized spacial score (nSPS) is 12.4. The summed E-state index contributed by atoms with van der Waals surface area (Å²) in [6.45, 7) is 0. The molecule has 1 aromatic carbocycles. The molecule has 3 nitrogen and oxygen atoms in total. The fraction of sp³-hybridized carbons (Fsp3) is 0.167. The number of ketones is 1. The molecular formula is C12H5F5N2O. The van der Waals surface area contributed by atoms with Gasteiger partial charge >= 0.3 is 12.1 Å². The number of nitrogens with one attached hydrogen (secondary N) is 1. The quantitative estimate of drug-likeness (QED) is 0.680. The first-order chi connectivity index (χ1) is 9.18. The molecule has 0 aliphatic rings. The summed E-state index contributed by atoms with van der Waals surface area (Å²) in [7, 11) is 0. The molecule has 1 aromatic heterocycles. The van der Waals surface area contributed by atoms with Crippen LogP contribution in [0.5, 0.6) is 0 Å². The molecule has 0 bridgehead atoms. The van der Waals surface area contributed by atoms with E-state index in [0.29, 0.717) is 0 Å². The van der Waals surface area contributed by atoms with Crippen molar-refractivity contribution >= 4 is 16.7 Å². The number of aromatic amines is 1. The molecule has 0 saturated carbocycles. The summed E-state index contributed by atoms with van der Waals surface area (Å²) in [5, 5.41) is 8.53. The number of halogens is 5. The molecule has 0 saturated heterocycles. The van der Waals surface area contributed by atoms with E-state index < -0.39 is 23.4 Å². The van der Waals surface area contributed by atoms with Gasteiger partial charge in [0.2, 0.25) is 5.78 Å². The van der Waals surface area contributed by atoms with Crippen LogP contribution in [-0.4, -0.2) is 22.9 Å². The van der Waals surface area contributed by atoms with E-state index in [0.717, 1.165) is 12.3 Å². The van der Waals surface area contributed by atoms with Crippen molar-refractivity contribution in [2.45, 2.75) is 12.1 Å². The molecule has 0 spiro atoms. The van der Waals surface area contributed by atoms with Crippen molar-refractivity contribution in [3.8, 4) is 6.07 Å². The zero-order chi connectivity index (χ0) is 15.1. The molecule has 20 heavy (non-hydrogen) atoms. The van der Waals surface area contributed by atoms with Gasteiger partial charge < -0.3 is 4.98 Å². The lowest BCUT2D eigenvalue weighted by Crippen LogP contribution is -2.44. The molecule has 1 heterocycles. The molecule has 0 amide bonds. The Labute approximate surface area is 108 Å². The monoisotopic (exact) mass is 288 g/mol. The number of hydrogen-bond donors (Lipinski definition) is 1. The first-order valence-electron chi connectivity index (χ1n) is 5.19. The van der Waals surface area contributed by atoms with Crippen molar-refractivity contribution in [3.05, 3.63) is 35.5 Å². The summed E-state index contributed by atoms with van der Waals surface area (Å²) in [5.74, 6) is -7.84. The maximum atomic E-state index is 13.0. The van der Waals surface area contributed by atoms with E-state index in [4.69, 9.17) is 5.26 Å². The number of nitrogens with zero attached hydrogens (tertiary/aromatic N) is 1. The lowest BCUT2D eigenvalue weighted by atomic mass is 10.0. The maximum Gasteiger partial charge on any atom is 0.461 e. The number of carbonyl (C=O) groups excluding carboxylic acids is 1. The van der Waals surface area contributed by atoms with Crippen LogP contribution in [0.15, 0.2) is 24.4 Å². The largest absolute Gasteiger partial charge is 0.461 e. The Morgan fingerprint density at radius 1 is 1.20 bits per heavy atom. The molecular weight excluding hydrogens is 283 g/mol. The van der Waals surface area contributed by atoms with Crippen molar-refractivity contribution in [2.24, 2.45) is 0 Å². The van der Waals surface area contributed by atoms with Gasteiger partial charge in [-0.2, -0.15) is 27.2 Å². The summed E-state index contributed by atoms with van der Waals surface area (Å²) in [6, 6.07) is 5.44. The SMILES string of the molecule is N#Cc1ccc2[nH]cc(C(=O)C(F)(F)C(F)(F)F)c2c1. The number of alkyl halides is 5. The number of nitriles is 1. The minimum Gasteiger partial charge on any atom is -0.360 e. The fourth-order valence-electron chi connectivity index (χ4n) is 1.68. The molecule has 0 atom stereocenters. The second-order valence-corrected chi connectivity index (χ2v) is 3.98. The van der Waals surface area contributed by atoms with E-state index in [2.05, 4.69) is 4.98 Å². The number of fused-ring (bicyclic) bond motifs is 1. The average molecular weight is 288 g/mol. The van der Waals surface area contributed by atoms with Gasteiger partial charge in [-0.15, -0.1) is 0 Å². The first kappa shape index (κ1) is 14.0. The molecule has 2 rings (SSSR count). The topological polar surface area (TPSA) is 56.6 Å². The van der Waals surface area contributed by atoms with Gasteiger partial charge in [-0.05, 0) is 18.2 Å². The molecule has 0 radical (unpaired) electrons. The van der Waals surface area contributed by atoms with Crippen molar-refractivity contribution in [2.75, 3.05) is 0 Å². The molecule has 0 aliphatic carbocycles. The molecule has 0 fully saturated rings. The highest BCUT2D eigenvalue weighted by atomic mass is 19.4. The number of H-pyrrole nitrogens is 1. The molecule has 8 heteroatoms. The van der Waals surface area contributed by atoms with Crippen LogP contribution in [0.25, 0.3) is 10.9 Å². The second-order valence-electron chi connectivity index (χ2n) is 3.98. The van der Waals surface area contributed by atoms with Crippen LogP contribution in [-0.2, 0) is 0 Å². The van der Waals surface area contributed by atoms with Crippen molar-refractivity contribution in [3.63, 3.8) is 0 Å². The van der Waals surface area contributed by atoms with E-state index in [9.17, 15) is 26.7 Å². The maximum absolute atomic E-state index is 13.0. The molecule has 0 aliphatic heterocycles. The van der Waals surface area contributed by atoms with Crippen LogP contribution in [0.1, 0.15) is 15.9 Å². The Morgan fingerprint density at radius 3 is 2.40 bits per heavy atom. The third-order valence-corrected chi connectivity index (χ3v) is 2.70. The van der Waals surface area contributed by atoms with Gasteiger partial charge in [0, 0.05) is 22.7 Å². The lowest BCUT2D eigenvalue weighted by Gasteiger charge is -2.17. The Morgan fingerprint density at radius 2 is 1.85 bits per heavy atom. The Hall–Kier alpha value is -2.43. The molecule has 0 unspecified atom stereocenters. The van der Waals surface area contributed by atoms with E-state index in [1.54, 1.807) is 6.07 Å². The smallest absolute Gasteiger partial charge is 0.360 e. The van der Waals surface area contributed by atoms with Crippen LogP contribution in [0.3, 0.4) is 0 Å². The number of hydrogen-bond acceptors (Lipinski definition) is 2. The fourth-order valence-corrected chi connectivity index (χ4v) is 1.68. The number of carbonyl (C=O) groups is 1. The lowest BCUT2D eigenvalue weighted by molar-refractivity contribution is -0.255. The minimum atomic E-state index is -5.97. The molecule has 104 valence electrons. The zero-order valence-corrected chi connectivity index (χ0v) is 9.55. The van der Waals surface area contributed by atoms with Gasteiger partial charge in [0.25, 0.3) is 0 Å². The Kier molecular flexibility index (Phi) is 3.01. The summed E-state index contributed by atoms with van der Waals surface area (Å²) in [4.78, 5) is 13.8. The third kappa shape index (κ3) is 2.01. The van der Waals surface area contributed by atoms with Crippen LogP contribution in [0.2, 0.25) is 0 Å². The van der Waals surface area contributed by atoms with Gasteiger partial charge in [-0.25, -0.2) is 0 Å². The number of rotatable bonds is 2. The molecule has 2 aromatic rings. The van der Waals surface area contributed by atoms with Gasteiger partial charge in [0.1, 0.15) is 0 Å². The number of aromatic nitrogens is 1. The van der Waals surface area contributed by atoms with E-state index in [1.165, 1.54) is 12.1 Å². The standard InChI is InChI=1S/C12H5F5N2O/c13-11(14,12(15,16)17)10(20)8-5-19-9-2-1-6(4-18)3-7(8)9/h1-3,5,19H. The van der Waals surface area contributed by atoms with Crippen molar-refractivity contribution in [1.82, 2.24) is 4.98 Å². The molecule has 1 N–H and O–H groups in total. The van der Waals surface area contributed by atoms with Crippen LogP contribution < -0.4 is 0 Å². The average Bonchev–Trinajstić information content (AvgIpc) is 2.78. The predicted octanol–water partition coefficient (Wildman–Crippen LogP) is 3.42. The summed E-state index contributed by atoms with van der Waals surface area (Å²) < 4.78 is 62.7. The highest BCUT2D eigenvalue weighted by Crippen LogP contribution is 2.39. The van der Waals surface area contributed by atoms with Gasteiger partial charge in [-0.3, -0.25) is 4.79 Å². The third-order valence-electron chi connectivity index (χ3n) is 2.70. The second kappa shape index (κ2) is 4.30. The number of benzene rings is 1. The summed E-state index contributed by atoms with van der Waals surface area (Å²) in [5.41, 5.74) is -0.578.